The first-order valence-electron chi connectivity index (χ1n) is 12.9. The van der Waals surface area contributed by atoms with Crippen molar-refractivity contribution in [1.29, 1.82) is 0 Å². The van der Waals surface area contributed by atoms with E-state index >= 15 is 0 Å². The number of benzodiazepines with no additional fused rings is 1. The van der Waals surface area contributed by atoms with E-state index in [-0.39, 0.29) is 12.0 Å². The van der Waals surface area contributed by atoms with E-state index in [0.717, 1.165) is 12.0 Å². The van der Waals surface area contributed by atoms with E-state index < -0.39 is 35.9 Å². The molecule has 9 nitrogen and oxygen atoms in total. The van der Waals surface area contributed by atoms with Crippen LogP contribution in [0.5, 0.6) is 0 Å². The number of benzene rings is 2. The number of rotatable bonds is 4. The van der Waals surface area contributed by atoms with Crippen molar-refractivity contribution in [1.82, 2.24) is 10.2 Å². The fraction of sp³-hybridized carbons (Fsp3) is 0.448. The molecule has 202 valence electrons. The zero-order chi connectivity index (χ0) is 27.5. The molecule has 0 bridgehead atoms. The van der Waals surface area contributed by atoms with Crippen molar-refractivity contribution in [2.24, 2.45) is 10.4 Å². The maximum atomic E-state index is 13.3. The van der Waals surface area contributed by atoms with Gasteiger partial charge in [0.1, 0.15) is 12.2 Å². The van der Waals surface area contributed by atoms with Gasteiger partial charge in [-0.3, -0.25) is 20.0 Å². The zero-order valence-electron chi connectivity index (χ0n) is 22.6. The predicted molar refractivity (Wildman–Crippen MR) is 145 cm³/mol. The number of likely N-dealkylation sites (tertiary alicyclic amines) is 1. The largest absolute Gasteiger partial charge is 0.445 e. The quantitative estimate of drug-likeness (QED) is 0.583. The summed E-state index contributed by atoms with van der Waals surface area (Å²) in [4.78, 5) is 45.6. The highest BCUT2D eigenvalue weighted by molar-refractivity contribution is 6.15. The average molecular weight is 521 g/mol. The lowest BCUT2D eigenvalue weighted by Gasteiger charge is -2.44. The highest BCUT2D eigenvalue weighted by Gasteiger charge is 2.42. The standard InChI is InChI=1S/C29H36N4O5/c1-28(2,3)38-27(36)33-16-15-29(4,5)17-22(33)23-20-13-9-10-14-21(20)30-25(34)24(31-23)32-26(35)37-18-19-11-7-6-8-12-19/h6-14,22,24H,15-18H2,1-5H3,(H,30,34)(H,32,35)/t22-,24-/m0/s1. The van der Waals surface area contributed by atoms with Crippen LogP contribution in [-0.4, -0.2) is 53.1 Å². The van der Waals surface area contributed by atoms with Gasteiger partial charge in [0.25, 0.3) is 5.91 Å². The topological polar surface area (TPSA) is 109 Å². The Kier molecular flexibility index (Phi) is 7.76. The molecule has 0 radical (unpaired) electrons. The lowest BCUT2D eigenvalue weighted by molar-refractivity contribution is -0.117. The number of alkyl carbamates (subject to hydrolysis) is 1. The van der Waals surface area contributed by atoms with Crippen LogP contribution in [0.4, 0.5) is 15.3 Å². The number of hydrogen-bond donors (Lipinski definition) is 2. The highest BCUT2D eigenvalue weighted by atomic mass is 16.6. The van der Waals surface area contributed by atoms with Crippen molar-refractivity contribution < 1.29 is 23.9 Å². The lowest BCUT2D eigenvalue weighted by Crippen LogP contribution is -2.54. The number of hydrogen-bond acceptors (Lipinski definition) is 6. The number of aliphatic imine (C=N–C) groups is 1. The highest BCUT2D eigenvalue weighted by Crippen LogP contribution is 2.37. The second kappa shape index (κ2) is 10.8. The van der Waals surface area contributed by atoms with Crippen LogP contribution in [0.1, 0.15) is 58.6 Å². The van der Waals surface area contributed by atoms with Crippen LogP contribution in [0.15, 0.2) is 59.6 Å². The van der Waals surface area contributed by atoms with Gasteiger partial charge in [-0.15, -0.1) is 0 Å². The summed E-state index contributed by atoms with van der Waals surface area (Å²) in [6.45, 7) is 10.3. The van der Waals surface area contributed by atoms with Gasteiger partial charge in [-0.05, 0) is 50.7 Å². The summed E-state index contributed by atoms with van der Waals surface area (Å²) in [6.07, 6.45) is -1.04. The molecule has 4 rings (SSSR count). The number of ether oxygens (including phenoxy) is 2. The van der Waals surface area contributed by atoms with Crippen LogP contribution >= 0.6 is 0 Å². The number of amides is 3. The van der Waals surface area contributed by atoms with Crippen LogP contribution in [0, 0.1) is 5.41 Å². The summed E-state index contributed by atoms with van der Waals surface area (Å²) in [5.41, 5.74) is 1.86. The molecule has 2 heterocycles. The first-order valence-corrected chi connectivity index (χ1v) is 12.9. The van der Waals surface area contributed by atoms with Crippen molar-refractivity contribution in [2.75, 3.05) is 11.9 Å². The van der Waals surface area contributed by atoms with Gasteiger partial charge in [-0.25, -0.2) is 9.59 Å². The third kappa shape index (κ3) is 6.70. The molecule has 38 heavy (non-hydrogen) atoms. The smallest absolute Gasteiger partial charge is 0.410 e. The summed E-state index contributed by atoms with van der Waals surface area (Å²) in [6, 6.07) is 16.1. The van der Waals surface area contributed by atoms with Gasteiger partial charge >= 0.3 is 12.2 Å². The van der Waals surface area contributed by atoms with Gasteiger partial charge in [0, 0.05) is 12.1 Å². The summed E-state index contributed by atoms with van der Waals surface area (Å²) in [5.74, 6) is -0.497. The molecule has 0 aromatic heterocycles. The van der Waals surface area contributed by atoms with E-state index in [4.69, 9.17) is 14.5 Å². The molecule has 1 fully saturated rings. The maximum Gasteiger partial charge on any atom is 0.410 e. The number of para-hydroxylation sites is 1. The normalized spacial score (nSPS) is 20.8. The van der Waals surface area contributed by atoms with Crippen LogP contribution in [0.25, 0.3) is 0 Å². The number of carbonyl (C=O) groups is 3. The second-order valence-electron chi connectivity index (χ2n) is 11.5. The number of fused-ring (bicyclic) bond motifs is 1. The van der Waals surface area contributed by atoms with Crippen LogP contribution in [-0.2, 0) is 20.9 Å². The fourth-order valence-electron chi connectivity index (χ4n) is 4.62. The maximum absolute atomic E-state index is 13.3. The lowest BCUT2D eigenvalue weighted by atomic mass is 9.76. The van der Waals surface area contributed by atoms with E-state index in [1.54, 1.807) is 11.0 Å². The van der Waals surface area contributed by atoms with Crippen LogP contribution in [0.3, 0.4) is 0 Å². The Labute approximate surface area is 223 Å². The molecule has 0 aliphatic carbocycles. The summed E-state index contributed by atoms with van der Waals surface area (Å²) < 4.78 is 11.1. The van der Waals surface area contributed by atoms with Crippen molar-refractivity contribution in [3.63, 3.8) is 0 Å². The summed E-state index contributed by atoms with van der Waals surface area (Å²) in [5, 5.41) is 5.46. The van der Waals surface area contributed by atoms with Gasteiger partial charge in [-0.2, -0.15) is 0 Å². The molecule has 2 aromatic rings. The number of carbonyl (C=O) groups excluding carboxylic acids is 3. The first-order chi connectivity index (χ1) is 17.9. The van der Waals surface area contributed by atoms with Gasteiger partial charge in [-0.1, -0.05) is 62.4 Å². The number of piperidine rings is 1. The molecule has 0 unspecified atom stereocenters. The monoisotopic (exact) mass is 520 g/mol. The third-order valence-electron chi connectivity index (χ3n) is 6.54. The Hall–Kier alpha value is -3.88. The minimum Gasteiger partial charge on any atom is -0.445 e. The molecule has 1 saturated heterocycles. The number of nitrogens with zero attached hydrogens (tertiary/aromatic N) is 2. The Morgan fingerprint density at radius 1 is 1.11 bits per heavy atom. The minimum atomic E-state index is -1.24. The number of anilines is 1. The average Bonchev–Trinajstić information content (AvgIpc) is 2.98. The van der Waals surface area contributed by atoms with E-state index in [2.05, 4.69) is 24.5 Å². The fourth-order valence-corrected chi connectivity index (χ4v) is 4.62. The van der Waals surface area contributed by atoms with Gasteiger partial charge in [0.15, 0.2) is 0 Å². The summed E-state index contributed by atoms with van der Waals surface area (Å²) >= 11 is 0. The van der Waals surface area contributed by atoms with E-state index in [9.17, 15) is 14.4 Å². The van der Waals surface area contributed by atoms with Crippen molar-refractivity contribution in [3.05, 3.63) is 65.7 Å². The molecule has 2 aliphatic heterocycles. The molecular weight excluding hydrogens is 484 g/mol. The molecule has 3 amide bonds. The Balaban J connectivity index is 1.66. The third-order valence-corrected chi connectivity index (χ3v) is 6.54. The Morgan fingerprint density at radius 2 is 1.79 bits per heavy atom. The van der Waals surface area contributed by atoms with Crippen LogP contribution < -0.4 is 10.6 Å². The molecule has 2 N–H and O–H groups in total. The molecule has 0 spiro atoms. The van der Waals surface area contributed by atoms with Gasteiger partial charge < -0.3 is 14.8 Å². The SMILES string of the molecule is CC1(C)CCN(C(=O)OC(C)(C)C)[C@H](C2=N[C@@H](NC(=O)OCc3ccccc3)C(=O)Nc3ccccc32)C1. The van der Waals surface area contributed by atoms with Gasteiger partial charge in [0.2, 0.25) is 6.17 Å². The Morgan fingerprint density at radius 3 is 2.50 bits per heavy atom. The molecular formula is C29H36N4O5. The minimum absolute atomic E-state index is 0.0566. The van der Waals surface area contributed by atoms with E-state index in [1.165, 1.54) is 0 Å². The van der Waals surface area contributed by atoms with Crippen molar-refractivity contribution >= 4 is 29.5 Å². The first kappa shape index (κ1) is 27.2. The van der Waals surface area contributed by atoms with E-state index in [1.807, 2.05) is 69.3 Å². The Bertz CT molecular complexity index is 1220. The van der Waals surface area contributed by atoms with Crippen LogP contribution in [0.2, 0.25) is 0 Å². The number of nitrogens with one attached hydrogen (secondary N) is 2. The molecule has 2 aliphatic rings. The molecule has 0 saturated carbocycles. The molecule has 2 aromatic carbocycles. The second-order valence-corrected chi connectivity index (χ2v) is 11.5. The van der Waals surface area contributed by atoms with Crippen molar-refractivity contribution in [2.45, 2.75) is 71.9 Å². The van der Waals surface area contributed by atoms with Crippen molar-refractivity contribution in [3.8, 4) is 0 Å². The molecule has 2 atom stereocenters. The van der Waals surface area contributed by atoms with Gasteiger partial charge in [0.05, 0.1) is 17.4 Å². The predicted octanol–water partition coefficient (Wildman–Crippen LogP) is 5.11. The molecule has 9 heteroatoms. The zero-order valence-corrected chi connectivity index (χ0v) is 22.6. The van der Waals surface area contributed by atoms with E-state index in [0.29, 0.717) is 29.9 Å². The summed E-state index contributed by atoms with van der Waals surface area (Å²) in [7, 11) is 0.